The zero-order valence-corrected chi connectivity index (χ0v) is 14.8. The summed E-state index contributed by atoms with van der Waals surface area (Å²) >= 11 is 0. The molecule has 5 heteroatoms. The maximum absolute atomic E-state index is 4.61. The molecule has 0 atom stereocenters. The van der Waals surface area contributed by atoms with Crippen molar-refractivity contribution in [2.45, 2.75) is 44.7 Å². The summed E-state index contributed by atoms with van der Waals surface area (Å²) in [5.41, 5.74) is 0.982. The predicted octanol–water partition coefficient (Wildman–Crippen LogP) is 3.25. The molecule has 0 aliphatic heterocycles. The Balaban J connectivity index is 0.00000220. The molecule has 4 nitrogen and oxygen atoms in total. The average Bonchev–Trinajstić information content (AvgIpc) is 2.52. The highest BCUT2D eigenvalue weighted by Crippen LogP contribution is 2.17. The molecule has 1 aromatic heterocycles. The van der Waals surface area contributed by atoms with E-state index >= 15 is 0 Å². The maximum atomic E-state index is 4.61. The van der Waals surface area contributed by atoms with E-state index in [1.807, 2.05) is 24.3 Å². The average molecular weight is 400 g/mol. The predicted molar refractivity (Wildman–Crippen MR) is 99.0 cm³/mol. The number of nitrogens with one attached hydrogen (secondary N) is 2. The van der Waals surface area contributed by atoms with Crippen LogP contribution in [0.1, 0.15) is 37.8 Å². The minimum absolute atomic E-state index is 0. The van der Waals surface area contributed by atoms with Crippen LogP contribution in [0.5, 0.6) is 0 Å². The Hall–Kier alpha value is -1.11. The van der Waals surface area contributed by atoms with Crippen LogP contribution >= 0.6 is 24.0 Å². The van der Waals surface area contributed by atoms with Crippen LogP contribution in [-0.2, 0) is 6.54 Å². The molecule has 1 aliphatic carbocycles. The monoisotopic (exact) mass is 400 g/mol. The van der Waals surface area contributed by atoms with Crippen LogP contribution in [0.2, 0.25) is 0 Å². The van der Waals surface area contributed by atoms with Crippen molar-refractivity contribution in [2.24, 2.45) is 4.99 Å². The minimum Gasteiger partial charge on any atom is -0.354 e. The second kappa shape index (κ2) is 10.6. The molecule has 0 amide bonds. The lowest BCUT2D eigenvalue weighted by Gasteiger charge is -2.24. The van der Waals surface area contributed by atoms with E-state index in [4.69, 9.17) is 0 Å². The molecule has 0 saturated heterocycles. The molecule has 0 radical (unpaired) electrons. The fraction of sp³-hybridized carbons (Fsp3) is 0.500. The van der Waals surface area contributed by atoms with Crippen molar-refractivity contribution in [3.8, 4) is 0 Å². The number of hydrogen-bond donors (Lipinski definition) is 2. The second-order valence-corrected chi connectivity index (χ2v) is 5.13. The summed E-state index contributed by atoms with van der Waals surface area (Å²) in [5.74, 6) is 0.863. The lowest BCUT2D eigenvalue weighted by Crippen LogP contribution is -2.44. The van der Waals surface area contributed by atoms with Crippen LogP contribution in [0, 0.1) is 0 Å². The number of nitrogens with zero attached hydrogens (tertiary/aromatic N) is 2. The van der Waals surface area contributed by atoms with E-state index in [1.54, 1.807) is 6.20 Å². The van der Waals surface area contributed by atoms with Crippen molar-refractivity contribution < 1.29 is 0 Å². The third-order valence-electron chi connectivity index (χ3n) is 3.49. The standard InChI is InChI=1S/C16H24N4.HI/c1-2-11-18-16(20-14-8-4-3-5-9-14)19-13-15-10-6-7-12-17-15;/h2,6-7,10,12,14H,1,3-5,8-9,11,13H2,(H2,18,19,20);1H. The maximum Gasteiger partial charge on any atom is 0.192 e. The molecule has 116 valence electrons. The number of aromatic nitrogens is 1. The molecular weight excluding hydrogens is 375 g/mol. The van der Waals surface area contributed by atoms with E-state index in [9.17, 15) is 0 Å². The van der Waals surface area contributed by atoms with Crippen LogP contribution in [-0.4, -0.2) is 23.5 Å². The normalized spacial score (nSPS) is 15.9. The van der Waals surface area contributed by atoms with Gasteiger partial charge in [0.2, 0.25) is 0 Å². The van der Waals surface area contributed by atoms with Gasteiger partial charge in [-0.05, 0) is 25.0 Å². The van der Waals surface area contributed by atoms with E-state index < -0.39 is 0 Å². The van der Waals surface area contributed by atoms with Gasteiger partial charge in [0.15, 0.2) is 5.96 Å². The van der Waals surface area contributed by atoms with Crippen molar-refractivity contribution in [1.82, 2.24) is 15.6 Å². The number of guanidine groups is 1. The molecule has 0 spiro atoms. The van der Waals surface area contributed by atoms with Gasteiger partial charge in [-0.25, -0.2) is 4.99 Å². The molecule has 1 fully saturated rings. The van der Waals surface area contributed by atoms with Crippen molar-refractivity contribution in [1.29, 1.82) is 0 Å². The first-order valence-corrected chi connectivity index (χ1v) is 7.44. The quantitative estimate of drug-likeness (QED) is 0.345. The zero-order chi connectivity index (χ0) is 14.0. The highest BCUT2D eigenvalue weighted by molar-refractivity contribution is 14.0. The smallest absolute Gasteiger partial charge is 0.192 e. The fourth-order valence-electron chi connectivity index (χ4n) is 2.41. The molecule has 1 aliphatic rings. The summed E-state index contributed by atoms with van der Waals surface area (Å²) in [6, 6.07) is 6.45. The van der Waals surface area contributed by atoms with E-state index in [2.05, 4.69) is 27.2 Å². The number of aliphatic imine (C=N–C) groups is 1. The van der Waals surface area contributed by atoms with Gasteiger partial charge in [0, 0.05) is 18.8 Å². The number of pyridine rings is 1. The fourth-order valence-corrected chi connectivity index (χ4v) is 2.41. The molecule has 0 unspecified atom stereocenters. The van der Waals surface area contributed by atoms with Crippen LogP contribution in [0.25, 0.3) is 0 Å². The second-order valence-electron chi connectivity index (χ2n) is 5.13. The van der Waals surface area contributed by atoms with Gasteiger partial charge in [0.05, 0.1) is 12.2 Å². The summed E-state index contributed by atoms with van der Waals surface area (Å²) < 4.78 is 0. The number of halogens is 1. The van der Waals surface area contributed by atoms with E-state index in [-0.39, 0.29) is 24.0 Å². The summed E-state index contributed by atoms with van der Waals surface area (Å²) in [6.07, 6.45) is 10.1. The Morgan fingerprint density at radius 1 is 1.33 bits per heavy atom. The lowest BCUT2D eigenvalue weighted by atomic mass is 9.96. The SMILES string of the molecule is C=CCNC(=NCc1ccccn1)NC1CCCCC1.I. The molecule has 0 aromatic carbocycles. The molecule has 2 rings (SSSR count). The first-order chi connectivity index (χ1) is 9.88. The van der Waals surface area contributed by atoms with Crippen molar-refractivity contribution >= 4 is 29.9 Å². The minimum atomic E-state index is 0. The Morgan fingerprint density at radius 3 is 2.81 bits per heavy atom. The molecule has 2 N–H and O–H groups in total. The molecule has 1 heterocycles. The van der Waals surface area contributed by atoms with Crippen LogP contribution < -0.4 is 10.6 Å². The van der Waals surface area contributed by atoms with Gasteiger partial charge >= 0.3 is 0 Å². The van der Waals surface area contributed by atoms with Gasteiger partial charge in [-0.3, -0.25) is 4.98 Å². The van der Waals surface area contributed by atoms with Gasteiger partial charge < -0.3 is 10.6 Å². The molecule has 1 saturated carbocycles. The van der Waals surface area contributed by atoms with Gasteiger partial charge in [0.1, 0.15) is 0 Å². The summed E-state index contributed by atoms with van der Waals surface area (Å²) in [6.45, 7) is 5.06. The van der Waals surface area contributed by atoms with Crippen LogP contribution in [0.15, 0.2) is 42.0 Å². The molecule has 1 aromatic rings. The van der Waals surface area contributed by atoms with E-state index in [0.29, 0.717) is 12.6 Å². The van der Waals surface area contributed by atoms with Crippen molar-refractivity contribution in [2.75, 3.05) is 6.54 Å². The number of rotatable bonds is 5. The third kappa shape index (κ3) is 6.93. The Bertz CT molecular complexity index is 427. The van der Waals surface area contributed by atoms with Crippen LogP contribution in [0.4, 0.5) is 0 Å². The first kappa shape index (κ1) is 17.9. The molecular formula is C16H25IN4. The van der Waals surface area contributed by atoms with E-state index in [1.165, 1.54) is 32.1 Å². The third-order valence-corrected chi connectivity index (χ3v) is 3.49. The van der Waals surface area contributed by atoms with Crippen molar-refractivity contribution in [3.05, 3.63) is 42.7 Å². The van der Waals surface area contributed by atoms with Crippen molar-refractivity contribution in [3.63, 3.8) is 0 Å². The van der Waals surface area contributed by atoms with Gasteiger partial charge in [0.25, 0.3) is 0 Å². The lowest BCUT2D eigenvalue weighted by molar-refractivity contribution is 0.410. The van der Waals surface area contributed by atoms with Gasteiger partial charge in [-0.1, -0.05) is 31.4 Å². The first-order valence-electron chi connectivity index (χ1n) is 7.44. The largest absolute Gasteiger partial charge is 0.354 e. The summed E-state index contributed by atoms with van der Waals surface area (Å²) in [7, 11) is 0. The highest BCUT2D eigenvalue weighted by atomic mass is 127. The molecule has 0 bridgehead atoms. The zero-order valence-electron chi connectivity index (χ0n) is 12.4. The number of hydrogen-bond acceptors (Lipinski definition) is 2. The van der Waals surface area contributed by atoms with Gasteiger partial charge in [-0.2, -0.15) is 0 Å². The Kier molecular flexibility index (Phi) is 9.05. The highest BCUT2D eigenvalue weighted by Gasteiger charge is 2.14. The van der Waals surface area contributed by atoms with E-state index in [0.717, 1.165) is 18.2 Å². The van der Waals surface area contributed by atoms with Gasteiger partial charge in [-0.15, -0.1) is 30.6 Å². The molecule has 21 heavy (non-hydrogen) atoms. The summed E-state index contributed by atoms with van der Waals surface area (Å²) in [5, 5.41) is 6.80. The summed E-state index contributed by atoms with van der Waals surface area (Å²) in [4.78, 5) is 8.90. The van der Waals surface area contributed by atoms with Crippen LogP contribution in [0.3, 0.4) is 0 Å². The Labute approximate surface area is 144 Å². The topological polar surface area (TPSA) is 49.3 Å². The Morgan fingerprint density at radius 2 is 2.14 bits per heavy atom.